The van der Waals surface area contributed by atoms with E-state index in [-0.39, 0.29) is 12.1 Å². The minimum atomic E-state index is 0.0601. The van der Waals surface area contributed by atoms with Crippen LogP contribution in [0, 0.1) is 0 Å². The third kappa shape index (κ3) is 3.68. The van der Waals surface area contributed by atoms with Crippen molar-refractivity contribution in [2.45, 2.75) is 51.1 Å². The predicted molar refractivity (Wildman–Crippen MR) is 108 cm³/mol. The Morgan fingerprint density at radius 1 is 1.25 bits per heavy atom. The van der Waals surface area contributed by atoms with Gasteiger partial charge < -0.3 is 19.7 Å². The molecule has 0 radical (unpaired) electrons. The van der Waals surface area contributed by atoms with Gasteiger partial charge in [0.25, 0.3) is 0 Å². The molecule has 7 nitrogen and oxygen atoms in total. The first-order valence-corrected chi connectivity index (χ1v) is 10.4. The van der Waals surface area contributed by atoms with Crippen molar-refractivity contribution in [1.82, 2.24) is 20.0 Å². The van der Waals surface area contributed by atoms with E-state index in [0.29, 0.717) is 6.04 Å². The zero-order chi connectivity index (χ0) is 19.5. The SMILES string of the molecule is CCc1ccc2c(cnn2C2CCN(C(=O)NC3CCOCC3)CC2)c1OC. The number of hydrogen-bond donors (Lipinski definition) is 1. The lowest BCUT2D eigenvalue weighted by atomic mass is 10.0. The summed E-state index contributed by atoms with van der Waals surface area (Å²) in [6, 6.07) is 4.89. The average molecular weight is 386 g/mol. The number of carbonyl (C=O) groups is 1. The number of nitrogens with one attached hydrogen (secondary N) is 1. The topological polar surface area (TPSA) is 68.6 Å². The van der Waals surface area contributed by atoms with E-state index in [1.54, 1.807) is 7.11 Å². The number of methoxy groups -OCH3 is 1. The van der Waals surface area contributed by atoms with Crippen LogP contribution in [0.15, 0.2) is 18.3 Å². The highest BCUT2D eigenvalue weighted by molar-refractivity contribution is 5.86. The molecule has 3 heterocycles. The van der Waals surface area contributed by atoms with Gasteiger partial charge in [0.15, 0.2) is 0 Å². The number of carbonyl (C=O) groups excluding carboxylic acids is 1. The number of amides is 2. The van der Waals surface area contributed by atoms with E-state index in [0.717, 1.165) is 75.1 Å². The molecule has 0 aliphatic carbocycles. The highest BCUT2D eigenvalue weighted by atomic mass is 16.5. The Labute approximate surface area is 166 Å². The fourth-order valence-electron chi connectivity index (χ4n) is 4.37. The van der Waals surface area contributed by atoms with Crippen LogP contribution in [0.25, 0.3) is 10.9 Å². The van der Waals surface area contributed by atoms with E-state index in [2.05, 4.69) is 34.2 Å². The number of rotatable bonds is 4. The van der Waals surface area contributed by atoms with Gasteiger partial charge in [0.1, 0.15) is 5.75 Å². The second-order valence-electron chi connectivity index (χ2n) is 7.69. The Bertz CT molecular complexity index is 820. The number of nitrogens with zero attached hydrogens (tertiary/aromatic N) is 3. The van der Waals surface area contributed by atoms with E-state index in [1.807, 2.05) is 11.1 Å². The molecular weight excluding hydrogens is 356 g/mol. The Balaban J connectivity index is 1.41. The third-order valence-electron chi connectivity index (χ3n) is 6.04. The smallest absolute Gasteiger partial charge is 0.317 e. The van der Waals surface area contributed by atoms with Gasteiger partial charge in [-0.3, -0.25) is 4.68 Å². The van der Waals surface area contributed by atoms with Gasteiger partial charge in [-0.1, -0.05) is 13.0 Å². The first-order valence-electron chi connectivity index (χ1n) is 10.4. The van der Waals surface area contributed by atoms with Crippen molar-refractivity contribution < 1.29 is 14.3 Å². The summed E-state index contributed by atoms with van der Waals surface area (Å²) in [5.41, 5.74) is 2.31. The van der Waals surface area contributed by atoms with E-state index < -0.39 is 0 Å². The van der Waals surface area contributed by atoms with Gasteiger partial charge >= 0.3 is 6.03 Å². The van der Waals surface area contributed by atoms with E-state index in [9.17, 15) is 4.79 Å². The van der Waals surface area contributed by atoms with Gasteiger partial charge in [-0.05, 0) is 43.7 Å². The summed E-state index contributed by atoms with van der Waals surface area (Å²) >= 11 is 0. The molecule has 0 bridgehead atoms. The number of benzene rings is 1. The summed E-state index contributed by atoms with van der Waals surface area (Å²) in [4.78, 5) is 14.5. The van der Waals surface area contributed by atoms with Gasteiger partial charge in [-0.2, -0.15) is 5.10 Å². The monoisotopic (exact) mass is 386 g/mol. The summed E-state index contributed by atoms with van der Waals surface area (Å²) < 4.78 is 13.1. The van der Waals surface area contributed by atoms with E-state index in [4.69, 9.17) is 9.47 Å². The van der Waals surface area contributed by atoms with Crippen LogP contribution in [0.1, 0.15) is 44.2 Å². The maximum Gasteiger partial charge on any atom is 0.317 e. The summed E-state index contributed by atoms with van der Waals surface area (Å²) in [6.45, 7) is 5.12. The normalized spacial score (nSPS) is 19.1. The predicted octanol–water partition coefficient (Wildman–Crippen LogP) is 3.13. The average Bonchev–Trinajstić information content (AvgIpc) is 3.18. The molecule has 2 fully saturated rings. The van der Waals surface area contributed by atoms with Crippen molar-refractivity contribution in [3.63, 3.8) is 0 Å². The number of piperidine rings is 1. The van der Waals surface area contributed by atoms with Gasteiger partial charge in [-0.25, -0.2) is 4.79 Å². The Hall–Kier alpha value is -2.28. The zero-order valence-electron chi connectivity index (χ0n) is 16.8. The molecular formula is C21H30N4O3. The molecule has 1 aromatic heterocycles. The van der Waals surface area contributed by atoms with Crippen molar-refractivity contribution in [2.75, 3.05) is 33.4 Å². The van der Waals surface area contributed by atoms with Crippen LogP contribution >= 0.6 is 0 Å². The maximum atomic E-state index is 12.6. The minimum absolute atomic E-state index is 0.0601. The Kier molecular flexibility index (Phi) is 5.71. The molecule has 2 saturated heterocycles. The van der Waals surface area contributed by atoms with Crippen LogP contribution in [0.5, 0.6) is 5.75 Å². The molecule has 4 rings (SSSR count). The second kappa shape index (κ2) is 8.39. The maximum absolute atomic E-state index is 12.6. The number of urea groups is 1. The highest BCUT2D eigenvalue weighted by Gasteiger charge is 2.27. The lowest BCUT2D eigenvalue weighted by molar-refractivity contribution is 0.0771. The molecule has 0 spiro atoms. The molecule has 1 aromatic carbocycles. The summed E-state index contributed by atoms with van der Waals surface area (Å²) in [6.07, 6.45) is 6.49. The molecule has 1 N–H and O–H groups in total. The highest BCUT2D eigenvalue weighted by Crippen LogP contribution is 2.33. The summed E-state index contributed by atoms with van der Waals surface area (Å²) in [5.74, 6) is 0.930. The Morgan fingerprint density at radius 2 is 2.00 bits per heavy atom. The zero-order valence-corrected chi connectivity index (χ0v) is 16.8. The van der Waals surface area contributed by atoms with Gasteiger partial charge in [-0.15, -0.1) is 0 Å². The van der Waals surface area contributed by atoms with Crippen molar-refractivity contribution >= 4 is 16.9 Å². The molecule has 2 aliphatic heterocycles. The van der Waals surface area contributed by atoms with Crippen LogP contribution < -0.4 is 10.1 Å². The number of aromatic nitrogens is 2. The van der Waals surface area contributed by atoms with E-state index in [1.165, 1.54) is 5.56 Å². The first kappa shape index (κ1) is 19.1. The second-order valence-corrected chi connectivity index (χ2v) is 7.69. The number of fused-ring (bicyclic) bond motifs is 1. The Morgan fingerprint density at radius 3 is 2.68 bits per heavy atom. The van der Waals surface area contributed by atoms with Crippen molar-refractivity contribution in [3.8, 4) is 5.75 Å². The minimum Gasteiger partial charge on any atom is -0.496 e. The molecule has 0 unspecified atom stereocenters. The largest absolute Gasteiger partial charge is 0.496 e. The molecule has 2 aliphatic rings. The molecule has 0 saturated carbocycles. The third-order valence-corrected chi connectivity index (χ3v) is 6.04. The van der Waals surface area contributed by atoms with Crippen LogP contribution in [0.3, 0.4) is 0 Å². The fraction of sp³-hybridized carbons (Fsp3) is 0.619. The van der Waals surface area contributed by atoms with Crippen LogP contribution in [-0.2, 0) is 11.2 Å². The lowest BCUT2D eigenvalue weighted by Gasteiger charge is -2.34. The first-order chi connectivity index (χ1) is 13.7. The summed E-state index contributed by atoms with van der Waals surface area (Å²) in [7, 11) is 1.72. The standard InChI is InChI=1S/C21H30N4O3/c1-3-15-4-5-19-18(20(15)27-2)14-22-25(19)17-6-10-24(11-7-17)21(26)23-16-8-12-28-13-9-16/h4-5,14,16-17H,3,6-13H2,1-2H3,(H,23,26). The quantitative estimate of drug-likeness (QED) is 0.877. The van der Waals surface area contributed by atoms with Crippen molar-refractivity contribution in [3.05, 3.63) is 23.9 Å². The van der Waals surface area contributed by atoms with Crippen LogP contribution in [0.4, 0.5) is 4.79 Å². The molecule has 152 valence electrons. The van der Waals surface area contributed by atoms with E-state index >= 15 is 0 Å². The van der Waals surface area contributed by atoms with Crippen molar-refractivity contribution in [1.29, 1.82) is 0 Å². The van der Waals surface area contributed by atoms with Gasteiger partial charge in [0, 0.05) is 32.3 Å². The van der Waals surface area contributed by atoms with Crippen LogP contribution in [-0.4, -0.2) is 60.2 Å². The molecule has 0 atom stereocenters. The number of hydrogen-bond acceptors (Lipinski definition) is 4. The van der Waals surface area contributed by atoms with Crippen molar-refractivity contribution in [2.24, 2.45) is 0 Å². The van der Waals surface area contributed by atoms with Gasteiger partial charge in [0.2, 0.25) is 0 Å². The lowest BCUT2D eigenvalue weighted by Crippen LogP contribution is -2.49. The molecule has 28 heavy (non-hydrogen) atoms. The molecule has 2 amide bonds. The number of ether oxygens (including phenoxy) is 2. The molecule has 7 heteroatoms. The molecule has 2 aromatic rings. The van der Waals surface area contributed by atoms with Gasteiger partial charge in [0.05, 0.1) is 30.3 Å². The number of likely N-dealkylation sites (tertiary alicyclic amines) is 1. The number of aryl methyl sites for hydroxylation is 1. The van der Waals surface area contributed by atoms with Crippen LogP contribution in [0.2, 0.25) is 0 Å². The fourth-order valence-corrected chi connectivity index (χ4v) is 4.37. The summed E-state index contributed by atoms with van der Waals surface area (Å²) in [5, 5.41) is 8.90.